The van der Waals surface area contributed by atoms with Gasteiger partial charge in [0.25, 0.3) is 0 Å². The fourth-order valence-electron chi connectivity index (χ4n) is 4.96. The Hall–Kier alpha value is -3.47. The van der Waals surface area contributed by atoms with Crippen LogP contribution < -0.4 is 14.2 Å². The summed E-state index contributed by atoms with van der Waals surface area (Å²) in [5.74, 6) is 0.469. The van der Waals surface area contributed by atoms with Crippen molar-refractivity contribution in [1.82, 2.24) is 0 Å². The summed E-state index contributed by atoms with van der Waals surface area (Å²) in [6.07, 6.45) is 0.652. The molecule has 31 heavy (non-hydrogen) atoms. The average Bonchev–Trinajstić information content (AvgIpc) is 3.14. The number of aliphatic carboxylic acids is 1. The van der Waals surface area contributed by atoms with Crippen molar-refractivity contribution in [1.29, 1.82) is 0 Å². The second-order valence-corrected chi connectivity index (χ2v) is 8.03. The molecule has 3 aromatic rings. The van der Waals surface area contributed by atoms with Gasteiger partial charge in [-0.2, -0.15) is 0 Å². The lowest BCUT2D eigenvalue weighted by molar-refractivity contribution is -0.142. The van der Waals surface area contributed by atoms with E-state index in [1.807, 2.05) is 54.6 Å². The molecule has 1 aliphatic carbocycles. The fourth-order valence-corrected chi connectivity index (χ4v) is 4.96. The SMILES string of the molecule is COc1ccc(CC2c3ccccc3C(c3ccc4c(c3)OCCO4)C2C(=O)O)cc1. The van der Waals surface area contributed by atoms with E-state index >= 15 is 0 Å². The van der Waals surface area contributed by atoms with Gasteiger partial charge in [0.15, 0.2) is 11.5 Å². The molecule has 5 rings (SSSR count). The number of ether oxygens (including phenoxy) is 3. The highest BCUT2D eigenvalue weighted by atomic mass is 16.6. The van der Waals surface area contributed by atoms with E-state index in [1.165, 1.54) is 0 Å². The van der Waals surface area contributed by atoms with Gasteiger partial charge in [-0.1, -0.05) is 42.5 Å². The van der Waals surface area contributed by atoms with Crippen LogP contribution in [0.4, 0.5) is 0 Å². The standard InChI is InChI=1S/C26H24O5/c1-29-18-9-6-16(7-10-18)14-21-19-4-2-3-5-20(19)24(25(21)26(27)28)17-8-11-22-23(15-17)31-13-12-30-22/h2-11,15,21,24-25H,12-14H2,1H3,(H,27,28). The van der Waals surface area contributed by atoms with Gasteiger partial charge >= 0.3 is 5.97 Å². The number of carboxylic acid groups (broad SMARTS) is 1. The van der Waals surface area contributed by atoms with Crippen molar-refractivity contribution in [2.75, 3.05) is 20.3 Å². The summed E-state index contributed by atoms with van der Waals surface area (Å²) in [5, 5.41) is 10.3. The zero-order chi connectivity index (χ0) is 21.4. The highest BCUT2D eigenvalue weighted by Gasteiger charge is 2.45. The summed E-state index contributed by atoms with van der Waals surface area (Å²) in [6.45, 7) is 1.03. The highest BCUT2D eigenvalue weighted by Crippen LogP contribution is 2.52. The predicted molar refractivity (Wildman–Crippen MR) is 116 cm³/mol. The third kappa shape index (κ3) is 3.50. The van der Waals surface area contributed by atoms with E-state index in [1.54, 1.807) is 7.11 Å². The summed E-state index contributed by atoms with van der Waals surface area (Å²) >= 11 is 0. The Labute approximate surface area is 181 Å². The van der Waals surface area contributed by atoms with Crippen molar-refractivity contribution in [3.05, 3.63) is 89.0 Å². The maximum absolute atomic E-state index is 12.6. The van der Waals surface area contributed by atoms with Gasteiger partial charge in [-0.25, -0.2) is 0 Å². The number of hydrogen-bond acceptors (Lipinski definition) is 4. The third-order valence-corrected chi connectivity index (χ3v) is 6.35. The lowest BCUT2D eigenvalue weighted by Gasteiger charge is -2.24. The average molecular weight is 416 g/mol. The molecular weight excluding hydrogens is 392 g/mol. The lowest BCUT2D eigenvalue weighted by Crippen LogP contribution is -2.24. The monoisotopic (exact) mass is 416 g/mol. The van der Waals surface area contributed by atoms with E-state index in [2.05, 4.69) is 12.1 Å². The van der Waals surface area contributed by atoms with E-state index < -0.39 is 11.9 Å². The van der Waals surface area contributed by atoms with Gasteiger partial charge < -0.3 is 19.3 Å². The molecule has 0 fully saturated rings. The second kappa shape index (κ2) is 7.99. The Morgan fingerprint density at radius 2 is 1.68 bits per heavy atom. The van der Waals surface area contributed by atoms with Crippen molar-refractivity contribution in [3.8, 4) is 17.2 Å². The van der Waals surface area contributed by atoms with Crippen LogP contribution in [-0.2, 0) is 11.2 Å². The van der Waals surface area contributed by atoms with Crippen molar-refractivity contribution in [2.24, 2.45) is 5.92 Å². The van der Waals surface area contributed by atoms with Gasteiger partial charge in [0.1, 0.15) is 19.0 Å². The van der Waals surface area contributed by atoms with E-state index in [-0.39, 0.29) is 11.8 Å². The van der Waals surface area contributed by atoms with Crippen molar-refractivity contribution in [2.45, 2.75) is 18.3 Å². The number of hydrogen-bond donors (Lipinski definition) is 1. The van der Waals surface area contributed by atoms with E-state index in [9.17, 15) is 9.90 Å². The number of carboxylic acids is 1. The molecule has 3 aromatic carbocycles. The van der Waals surface area contributed by atoms with Crippen LogP contribution in [0, 0.1) is 5.92 Å². The highest BCUT2D eigenvalue weighted by molar-refractivity contribution is 5.76. The van der Waals surface area contributed by atoms with Gasteiger partial charge in [0.05, 0.1) is 13.0 Å². The van der Waals surface area contributed by atoms with Crippen LogP contribution in [0.15, 0.2) is 66.7 Å². The summed E-state index contributed by atoms with van der Waals surface area (Å²) < 4.78 is 16.7. The lowest BCUT2D eigenvalue weighted by atomic mass is 9.80. The maximum atomic E-state index is 12.6. The first-order chi connectivity index (χ1) is 15.2. The van der Waals surface area contributed by atoms with Crippen LogP contribution in [0.5, 0.6) is 17.2 Å². The van der Waals surface area contributed by atoms with E-state index in [4.69, 9.17) is 14.2 Å². The van der Waals surface area contributed by atoms with Crippen LogP contribution >= 0.6 is 0 Å². The molecule has 158 valence electrons. The van der Waals surface area contributed by atoms with Crippen LogP contribution in [0.2, 0.25) is 0 Å². The van der Waals surface area contributed by atoms with Crippen molar-refractivity contribution in [3.63, 3.8) is 0 Å². The molecular formula is C26H24O5. The molecule has 5 heteroatoms. The Morgan fingerprint density at radius 3 is 2.39 bits per heavy atom. The van der Waals surface area contributed by atoms with Gasteiger partial charge in [-0.05, 0) is 52.9 Å². The molecule has 1 heterocycles. The molecule has 1 aliphatic heterocycles. The Balaban J connectivity index is 1.56. The zero-order valence-corrected chi connectivity index (χ0v) is 17.3. The topological polar surface area (TPSA) is 65.0 Å². The molecule has 0 bridgehead atoms. The smallest absolute Gasteiger partial charge is 0.308 e. The molecule has 0 aromatic heterocycles. The summed E-state index contributed by atoms with van der Waals surface area (Å²) in [7, 11) is 1.64. The molecule has 2 aliphatic rings. The Morgan fingerprint density at radius 1 is 0.968 bits per heavy atom. The molecule has 0 amide bonds. The maximum Gasteiger partial charge on any atom is 0.308 e. The molecule has 0 saturated heterocycles. The van der Waals surface area contributed by atoms with Gasteiger partial charge in [-0.15, -0.1) is 0 Å². The minimum absolute atomic E-state index is 0.125. The Kier molecular flexibility index (Phi) is 5.02. The molecule has 3 atom stereocenters. The molecule has 0 saturated carbocycles. The summed E-state index contributed by atoms with van der Waals surface area (Å²) in [6, 6.07) is 21.8. The minimum Gasteiger partial charge on any atom is -0.497 e. The van der Waals surface area contributed by atoms with Crippen LogP contribution in [0.25, 0.3) is 0 Å². The first-order valence-electron chi connectivity index (χ1n) is 10.5. The summed E-state index contributed by atoms with van der Waals surface area (Å²) in [5.41, 5.74) is 4.21. The number of benzene rings is 3. The third-order valence-electron chi connectivity index (χ3n) is 6.35. The predicted octanol–water partition coefficient (Wildman–Crippen LogP) is 4.64. The fraction of sp³-hybridized carbons (Fsp3) is 0.269. The largest absolute Gasteiger partial charge is 0.497 e. The van der Waals surface area contributed by atoms with Crippen LogP contribution in [0.1, 0.15) is 34.1 Å². The van der Waals surface area contributed by atoms with Gasteiger partial charge in [-0.3, -0.25) is 4.79 Å². The van der Waals surface area contributed by atoms with E-state index in [0.717, 1.165) is 28.0 Å². The van der Waals surface area contributed by atoms with Crippen LogP contribution in [0.3, 0.4) is 0 Å². The van der Waals surface area contributed by atoms with Crippen molar-refractivity contribution < 1.29 is 24.1 Å². The molecule has 0 spiro atoms. The van der Waals surface area contributed by atoms with E-state index in [0.29, 0.717) is 31.1 Å². The summed E-state index contributed by atoms with van der Waals surface area (Å²) in [4.78, 5) is 12.6. The van der Waals surface area contributed by atoms with Gasteiger partial charge in [0, 0.05) is 11.8 Å². The molecule has 3 unspecified atom stereocenters. The second-order valence-electron chi connectivity index (χ2n) is 8.03. The molecule has 0 radical (unpaired) electrons. The number of carbonyl (C=O) groups is 1. The molecule has 5 nitrogen and oxygen atoms in total. The molecule has 1 N–H and O–H groups in total. The number of fused-ring (bicyclic) bond motifs is 2. The minimum atomic E-state index is -0.783. The zero-order valence-electron chi connectivity index (χ0n) is 17.3. The normalized spacial score (nSPS) is 21.4. The van der Waals surface area contributed by atoms with Crippen LogP contribution in [-0.4, -0.2) is 31.4 Å². The quantitative estimate of drug-likeness (QED) is 0.657. The Bertz CT molecular complexity index is 1110. The van der Waals surface area contributed by atoms with Crippen molar-refractivity contribution >= 4 is 5.97 Å². The number of rotatable bonds is 5. The first-order valence-corrected chi connectivity index (χ1v) is 10.5. The number of methoxy groups -OCH3 is 1. The first kappa shape index (κ1) is 19.5. The van der Waals surface area contributed by atoms with Gasteiger partial charge in [0.2, 0.25) is 0 Å².